The van der Waals surface area contributed by atoms with Crippen LogP contribution in [0.25, 0.3) is 0 Å². The molecule has 1 atom stereocenters. The van der Waals surface area contributed by atoms with Crippen molar-refractivity contribution in [2.75, 3.05) is 27.2 Å². The van der Waals surface area contributed by atoms with Gasteiger partial charge in [0.25, 0.3) is 0 Å². The van der Waals surface area contributed by atoms with Crippen molar-refractivity contribution >= 4 is 11.5 Å². The van der Waals surface area contributed by atoms with E-state index in [4.69, 9.17) is 0 Å². The van der Waals surface area contributed by atoms with E-state index in [9.17, 15) is 4.79 Å². The third-order valence-corrected chi connectivity index (χ3v) is 3.88. The molecule has 1 aromatic carbocycles. The molecule has 3 heteroatoms. The Labute approximate surface area is 121 Å². The first-order valence-corrected chi connectivity index (χ1v) is 7.59. The molecule has 0 heterocycles. The molecule has 1 aromatic rings. The van der Waals surface area contributed by atoms with E-state index in [1.165, 1.54) is 16.2 Å². The van der Waals surface area contributed by atoms with E-state index in [-0.39, 0.29) is 0 Å². The van der Waals surface area contributed by atoms with Gasteiger partial charge in [0.2, 0.25) is 0 Å². The average Bonchev–Trinajstić information content (AvgIpc) is 2.44. The summed E-state index contributed by atoms with van der Waals surface area (Å²) in [5.41, 5.74) is 2.52. The molecule has 0 saturated heterocycles. The Hall–Kier alpha value is -1.48. The molecular weight excluding hydrogens is 248 g/mol. The van der Waals surface area contributed by atoms with Crippen LogP contribution in [0.15, 0.2) is 30.3 Å². The first-order valence-electron chi connectivity index (χ1n) is 7.59. The molecule has 0 amide bonds. The van der Waals surface area contributed by atoms with Gasteiger partial charge in [0.1, 0.15) is 12.3 Å². The molecule has 0 unspecified atom stereocenters. The molecule has 0 radical (unpaired) electrons. The Morgan fingerprint density at radius 1 is 1.20 bits per heavy atom. The van der Waals surface area contributed by atoms with Crippen molar-refractivity contribution in [3.63, 3.8) is 0 Å². The van der Waals surface area contributed by atoms with Gasteiger partial charge in [0, 0.05) is 18.8 Å². The molecule has 1 aliphatic carbocycles. The van der Waals surface area contributed by atoms with Gasteiger partial charge < -0.3 is 4.90 Å². The fourth-order valence-electron chi connectivity index (χ4n) is 2.83. The number of rotatable bonds is 5. The summed E-state index contributed by atoms with van der Waals surface area (Å²) in [4.78, 5) is 16.9. The van der Waals surface area contributed by atoms with Crippen LogP contribution in [0.5, 0.6) is 0 Å². The minimum absolute atomic E-state index is 0.361. The second-order valence-corrected chi connectivity index (χ2v) is 6.07. The second kappa shape index (κ2) is 7.34. The highest BCUT2D eigenvalue weighted by Gasteiger charge is 2.28. The summed E-state index contributed by atoms with van der Waals surface area (Å²) >= 11 is 0. The fourth-order valence-corrected chi connectivity index (χ4v) is 2.83. The highest BCUT2D eigenvalue weighted by atomic mass is 16.1. The molecule has 2 rings (SSSR count). The number of Topliss-reactive ketones (excluding diaryl/α,β-unsaturated/α-hetero) is 1. The van der Waals surface area contributed by atoms with Crippen LogP contribution in [-0.2, 0) is 4.79 Å². The summed E-state index contributed by atoms with van der Waals surface area (Å²) in [6.07, 6.45) is 3.47. The van der Waals surface area contributed by atoms with Crippen LogP contribution in [0, 0.1) is 0 Å². The zero-order valence-corrected chi connectivity index (χ0v) is 12.6. The Balaban J connectivity index is 1.94. The van der Waals surface area contributed by atoms with Crippen LogP contribution in [-0.4, -0.2) is 38.7 Å². The van der Waals surface area contributed by atoms with Crippen molar-refractivity contribution in [2.24, 2.45) is 0 Å². The van der Waals surface area contributed by atoms with Crippen molar-refractivity contribution in [3.8, 4) is 0 Å². The molecule has 2 N–H and O–H groups in total. The van der Waals surface area contributed by atoms with Gasteiger partial charge in [-0.05, 0) is 5.56 Å². The minimum atomic E-state index is 0.361. The quantitative estimate of drug-likeness (QED) is 0.703. The van der Waals surface area contributed by atoms with Gasteiger partial charge >= 0.3 is 0 Å². The Morgan fingerprint density at radius 2 is 1.95 bits per heavy atom. The summed E-state index contributed by atoms with van der Waals surface area (Å²) in [5, 5.41) is 0. The molecular formula is C17H26N2O+2. The minimum Gasteiger partial charge on any atom is -0.340 e. The van der Waals surface area contributed by atoms with Crippen LogP contribution in [0.1, 0.15) is 37.2 Å². The van der Waals surface area contributed by atoms with Crippen LogP contribution in [0.3, 0.4) is 0 Å². The smallest absolute Gasteiger partial charge is 0.158 e. The SMILES string of the molecule is C[NH+](C)CCC[NH+]=C1CC(=O)C[C@H](c2ccccc2)C1. The first-order chi connectivity index (χ1) is 9.65. The molecule has 3 nitrogen and oxygen atoms in total. The summed E-state index contributed by atoms with van der Waals surface area (Å²) in [5.74, 6) is 0.727. The van der Waals surface area contributed by atoms with Crippen LogP contribution in [0.4, 0.5) is 0 Å². The number of carbonyl (C=O) groups is 1. The van der Waals surface area contributed by atoms with Gasteiger partial charge in [0.05, 0.1) is 33.5 Å². The van der Waals surface area contributed by atoms with Crippen molar-refractivity contribution in [1.29, 1.82) is 0 Å². The Morgan fingerprint density at radius 3 is 2.65 bits per heavy atom. The number of quaternary nitrogens is 1. The lowest BCUT2D eigenvalue weighted by atomic mass is 9.82. The third-order valence-electron chi connectivity index (χ3n) is 3.88. The molecule has 1 saturated carbocycles. The molecule has 0 aromatic heterocycles. The molecule has 1 fully saturated rings. The molecule has 20 heavy (non-hydrogen) atoms. The summed E-state index contributed by atoms with van der Waals surface area (Å²) in [7, 11) is 4.34. The number of hydrogen-bond acceptors (Lipinski definition) is 1. The predicted octanol–water partition coefficient (Wildman–Crippen LogP) is -0.421. The first kappa shape index (κ1) is 14.9. The van der Waals surface area contributed by atoms with E-state index in [0.717, 1.165) is 25.9 Å². The summed E-state index contributed by atoms with van der Waals surface area (Å²) < 4.78 is 0. The van der Waals surface area contributed by atoms with E-state index >= 15 is 0 Å². The number of carbonyl (C=O) groups excluding carboxylic acids is 1. The zero-order valence-electron chi connectivity index (χ0n) is 12.6. The van der Waals surface area contributed by atoms with E-state index < -0.39 is 0 Å². The lowest BCUT2D eigenvalue weighted by molar-refractivity contribution is -0.859. The van der Waals surface area contributed by atoms with Crippen LogP contribution < -0.4 is 9.89 Å². The molecule has 0 aliphatic heterocycles. The maximum Gasteiger partial charge on any atom is 0.158 e. The van der Waals surface area contributed by atoms with Crippen molar-refractivity contribution in [2.45, 2.75) is 31.6 Å². The van der Waals surface area contributed by atoms with E-state index in [2.05, 4.69) is 43.4 Å². The Bertz CT molecular complexity index is 465. The average molecular weight is 274 g/mol. The van der Waals surface area contributed by atoms with Gasteiger partial charge in [-0.15, -0.1) is 0 Å². The topological polar surface area (TPSA) is 35.5 Å². The van der Waals surface area contributed by atoms with E-state index in [1.807, 2.05) is 6.07 Å². The fraction of sp³-hybridized carbons (Fsp3) is 0.529. The maximum atomic E-state index is 11.9. The number of nitrogens with one attached hydrogen (secondary N) is 2. The van der Waals surface area contributed by atoms with Crippen molar-refractivity contribution < 1.29 is 14.7 Å². The predicted molar refractivity (Wildman–Crippen MR) is 81.2 cm³/mol. The van der Waals surface area contributed by atoms with Gasteiger partial charge in [-0.25, -0.2) is 4.99 Å². The van der Waals surface area contributed by atoms with Crippen molar-refractivity contribution in [1.82, 2.24) is 0 Å². The van der Waals surface area contributed by atoms with Gasteiger partial charge in [-0.2, -0.15) is 0 Å². The normalized spacial score (nSPS) is 21.6. The zero-order chi connectivity index (χ0) is 14.4. The van der Waals surface area contributed by atoms with Crippen LogP contribution >= 0.6 is 0 Å². The standard InChI is InChI=1S/C17H24N2O/c1-19(2)10-6-9-18-16-11-15(12-17(20)13-16)14-7-4-3-5-8-14/h3-5,7-8,15H,6,9-13H2,1-2H3/p+2/t15-/m1/s1. The number of ketones is 1. The number of hydrogen-bond donors (Lipinski definition) is 2. The summed E-state index contributed by atoms with van der Waals surface area (Å²) in [6, 6.07) is 10.4. The van der Waals surface area contributed by atoms with Crippen molar-refractivity contribution in [3.05, 3.63) is 35.9 Å². The van der Waals surface area contributed by atoms with Gasteiger partial charge in [-0.1, -0.05) is 30.3 Å². The van der Waals surface area contributed by atoms with E-state index in [0.29, 0.717) is 24.5 Å². The Kier molecular flexibility index (Phi) is 5.48. The van der Waals surface area contributed by atoms with E-state index in [1.54, 1.807) is 0 Å². The lowest BCUT2D eigenvalue weighted by Crippen LogP contribution is -3.06. The lowest BCUT2D eigenvalue weighted by Gasteiger charge is -2.20. The maximum absolute atomic E-state index is 11.9. The second-order valence-electron chi connectivity index (χ2n) is 6.07. The highest BCUT2D eigenvalue weighted by molar-refractivity contribution is 6.02. The van der Waals surface area contributed by atoms with Gasteiger partial charge in [0.15, 0.2) is 5.71 Å². The molecule has 0 bridgehead atoms. The molecule has 0 spiro atoms. The molecule has 1 aliphatic rings. The van der Waals surface area contributed by atoms with Crippen LogP contribution in [0.2, 0.25) is 0 Å². The summed E-state index contributed by atoms with van der Waals surface area (Å²) in [6.45, 7) is 2.14. The number of benzene rings is 1. The largest absolute Gasteiger partial charge is 0.340 e. The molecule has 108 valence electrons. The monoisotopic (exact) mass is 274 g/mol. The third kappa shape index (κ3) is 4.57. The highest BCUT2D eigenvalue weighted by Crippen LogP contribution is 2.28. The van der Waals surface area contributed by atoms with Gasteiger partial charge in [-0.3, -0.25) is 4.79 Å².